The number of hydrogen-bond donors (Lipinski definition) is 2. The summed E-state index contributed by atoms with van der Waals surface area (Å²) in [6.07, 6.45) is 0.292. The molecule has 0 saturated carbocycles. The molecule has 1 aromatic heterocycles. The van der Waals surface area contributed by atoms with E-state index in [9.17, 15) is 5.11 Å². The van der Waals surface area contributed by atoms with Crippen molar-refractivity contribution in [2.24, 2.45) is 5.41 Å². The molecule has 0 fully saturated rings. The van der Waals surface area contributed by atoms with E-state index in [0.717, 1.165) is 17.8 Å². The minimum absolute atomic E-state index is 0.0970. The fourth-order valence-corrected chi connectivity index (χ4v) is 1.92. The lowest BCUT2D eigenvalue weighted by Crippen LogP contribution is -2.25. The highest BCUT2D eigenvalue weighted by Crippen LogP contribution is 2.22. The first kappa shape index (κ1) is 15.2. The van der Waals surface area contributed by atoms with Gasteiger partial charge >= 0.3 is 0 Å². The van der Waals surface area contributed by atoms with Gasteiger partial charge in [0.1, 0.15) is 0 Å². The molecule has 0 aliphatic carbocycles. The third-order valence-corrected chi connectivity index (χ3v) is 2.88. The summed E-state index contributed by atoms with van der Waals surface area (Å²) >= 11 is 6.00. The molecule has 0 aliphatic heterocycles. The highest BCUT2D eigenvalue weighted by Gasteiger charge is 2.17. The molecular formula is C13H22ClN3O. The van der Waals surface area contributed by atoms with Crippen LogP contribution in [0.3, 0.4) is 0 Å². The van der Waals surface area contributed by atoms with Crippen LogP contribution in [0.2, 0.25) is 5.15 Å². The van der Waals surface area contributed by atoms with Crippen LogP contribution < -0.4 is 5.32 Å². The minimum atomic E-state index is -0.426. The molecule has 0 spiro atoms. The molecule has 0 aromatic carbocycles. The van der Waals surface area contributed by atoms with Gasteiger partial charge < -0.3 is 10.4 Å². The Kier molecular flexibility index (Phi) is 4.93. The Hall–Kier alpha value is -0.870. The van der Waals surface area contributed by atoms with E-state index in [1.807, 2.05) is 13.8 Å². The van der Waals surface area contributed by atoms with Gasteiger partial charge in [0.25, 0.3) is 0 Å². The third kappa shape index (κ3) is 4.78. The first-order valence-electron chi connectivity index (χ1n) is 6.12. The largest absolute Gasteiger partial charge is 0.391 e. The van der Waals surface area contributed by atoms with Crippen molar-refractivity contribution >= 4 is 17.4 Å². The summed E-state index contributed by atoms with van der Waals surface area (Å²) in [7, 11) is 0. The maximum absolute atomic E-state index is 9.91. The summed E-state index contributed by atoms with van der Waals surface area (Å²) in [5.41, 5.74) is 1.76. The zero-order valence-electron chi connectivity index (χ0n) is 11.7. The zero-order chi connectivity index (χ0) is 13.9. The first-order chi connectivity index (χ1) is 8.19. The van der Waals surface area contributed by atoms with Crippen LogP contribution in [-0.2, 0) is 0 Å². The standard InChI is InChI=1S/C13H22ClN3O/c1-8-9(2)17-12(11(14)16-8)15-7-10(18)6-13(3,4)5/h10,18H,6-7H2,1-5H3,(H,15,17). The molecule has 0 amide bonds. The predicted octanol–water partition coefficient (Wildman–Crippen LogP) is 2.96. The fraction of sp³-hybridized carbons (Fsp3) is 0.692. The van der Waals surface area contributed by atoms with Gasteiger partial charge in [-0.05, 0) is 25.7 Å². The van der Waals surface area contributed by atoms with Gasteiger partial charge in [-0.1, -0.05) is 32.4 Å². The molecule has 1 heterocycles. The molecule has 0 bridgehead atoms. The number of halogens is 1. The molecule has 1 aromatic rings. The maximum atomic E-state index is 9.91. The van der Waals surface area contributed by atoms with E-state index in [1.54, 1.807) is 0 Å². The zero-order valence-corrected chi connectivity index (χ0v) is 12.5. The second-order valence-corrected chi connectivity index (χ2v) is 6.19. The number of aliphatic hydroxyl groups excluding tert-OH is 1. The number of aromatic nitrogens is 2. The van der Waals surface area contributed by atoms with Crippen LogP contribution in [0.1, 0.15) is 38.6 Å². The van der Waals surface area contributed by atoms with Crippen LogP contribution in [0.15, 0.2) is 0 Å². The molecular weight excluding hydrogens is 250 g/mol. The Labute approximate surface area is 114 Å². The van der Waals surface area contributed by atoms with Gasteiger partial charge in [-0.25, -0.2) is 9.97 Å². The molecule has 18 heavy (non-hydrogen) atoms. The van der Waals surface area contributed by atoms with Crippen molar-refractivity contribution in [2.75, 3.05) is 11.9 Å². The van der Waals surface area contributed by atoms with E-state index in [-0.39, 0.29) is 5.41 Å². The van der Waals surface area contributed by atoms with Crippen LogP contribution in [0, 0.1) is 19.3 Å². The number of nitrogens with zero attached hydrogens (tertiary/aromatic N) is 2. The summed E-state index contributed by atoms with van der Waals surface area (Å²) in [5.74, 6) is 0.535. The van der Waals surface area contributed by atoms with Crippen molar-refractivity contribution in [3.05, 3.63) is 16.5 Å². The average Bonchev–Trinajstić information content (AvgIpc) is 2.19. The van der Waals surface area contributed by atoms with Crippen LogP contribution in [0.4, 0.5) is 5.82 Å². The number of aryl methyl sites for hydroxylation is 2. The summed E-state index contributed by atoms with van der Waals surface area (Å²) < 4.78 is 0. The number of aliphatic hydroxyl groups is 1. The van der Waals surface area contributed by atoms with Gasteiger partial charge in [0.2, 0.25) is 0 Å². The number of nitrogens with one attached hydrogen (secondary N) is 1. The molecule has 5 heteroatoms. The predicted molar refractivity (Wildman–Crippen MR) is 75.1 cm³/mol. The Bertz CT molecular complexity index is 415. The molecule has 0 aliphatic rings. The highest BCUT2D eigenvalue weighted by molar-refractivity contribution is 6.31. The topological polar surface area (TPSA) is 58.0 Å². The van der Waals surface area contributed by atoms with Gasteiger partial charge in [-0.15, -0.1) is 0 Å². The lowest BCUT2D eigenvalue weighted by molar-refractivity contribution is 0.132. The second-order valence-electron chi connectivity index (χ2n) is 5.83. The molecule has 1 atom stereocenters. The summed E-state index contributed by atoms with van der Waals surface area (Å²) in [6.45, 7) is 10.5. The van der Waals surface area contributed by atoms with E-state index >= 15 is 0 Å². The van der Waals surface area contributed by atoms with Crippen LogP contribution in [0.25, 0.3) is 0 Å². The number of hydrogen-bond acceptors (Lipinski definition) is 4. The molecule has 102 valence electrons. The number of anilines is 1. The Morgan fingerprint density at radius 1 is 1.22 bits per heavy atom. The first-order valence-corrected chi connectivity index (χ1v) is 6.49. The van der Waals surface area contributed by atoms with Crippen molar-refractivity contribution < 1.29 is 5.11 Å². The normalized spacial score (nSPS) is 13.5. The summed E-state index contributed by atoms with van der Waals surface area (Å²) in [6, 6.07) is 0. The van der Waals surface area contributed by atoms with Gasteiger partial charge in [0.15, 0.2) is 11.0 Å². The van der Waals surface area contributed by atoms with Crippen LogP contribution in [-0.4, -0.2) is 27.7 Å². The average molecular weight is 272 g/mol. The van der Waals surface area contributed by atoms with Crippen LogP contribution >= 0.6 is 11.6 Å². The van der Waals surface area contributed by atoms with E-state index in [2.05, 4.69) is 36.1 Å². The Morgan fingerprint density at radius 3 is 2.33 bits per heavy atom. The van der Waals surface area contributed by atoms with E-state index in [1.165, 1.54) is 0 Å². The van der Waals surface area contributed by atoms with Crippen molar-refractivity contribution in [3.8, 4) is 0 Å². The summed E-state index contributed by atoms with van der Waals surface area (Å²) in [5, 5.41) is 13.3. The second kappa shape index (κ2) is 5.85. The maximum Gasteiger partial charge on any atom is 0.171 e. The van der Waals surface area contributed by atoms with Crippen molar-refractivity contribution in [1.29, 1.82) is 0 Å². The molecule has 1 rings (SSSR count). The van der Waals surface area contributed by atoms with E-state index < -0.39 is 6.10 Å². The lowest BCUT2D eigenvalue weighted by Gasteiger charge is -2.22. The Balaban J connectivity index is 2.61. The van der Waals surface area contributed by atoms with Gasteiger partial charge in [0, 0.05) is 6.54 Å². The fourth-order valence-electron chi connectivity index (χ4n) is 1.68. The number of rotatable bonds is 4. The van der Waals surface area contributed by atoms with Gasteiger partial charge in [-0.3, -0.25) is 0 Å². The highest BCUT2D eigenvalue weighted by atomic mass is 35.5. The van der Waals surface area contributed by atoms with E-state index in [0.29, 0.717) is 17.5 Å². The summed E-state index contributed by atoms with van der Waals surface area (Å²) in [4.78, 5) is 8.51. The molecule has 2 N–H and O–H groups in total. The van der Waals surface area contributed by atoms with Crippen LogP contribution in [0.5, 0.6) is 0 Å². The van der Waals surface area contributed by atoms with Gasteiger partial charge in [-0.2, -0.15) is 0 Å². The van der Waals surface area contributed by atoms with Gasteiger partial charge in [0.05, 0.1) is 17.5 Å². The monoisotopic (exact) mass is 271 g/mol. The quantitative estimate of drug-likeness (QED) is 0.884. The molecule has 4 nitrogen and oxygen atoms in total. The lowest BCUT2D eigenvalue weighted by atomic mass is 9.89. The van der Waals surface area contributed by atoms with Crippen molar-refractivity contribution in [1.82, 2.24) is 9.97 Å². The minimum Gasteiger partial charge on any atom is -0.391 e. The van der Waals surface area contributed by atoms with E-state index in [4.69, 9.17) is 11.6 Å². The smallest absolute Gasteiger partial charge is 0.171 e. The van der Waals surface area contributed by atoms with Crippen molar-refractivity contribution in [2.45, 2.75) is 47.1 Å². The third-order valence-electron chi connectivity index (χ3n) is 2.62. The Morgan fingerprint density at radius 2 is 1.78 bits per heavy atom. The molecule has 0 saturated heterocycles. The molecule has 1 unspecified atom stereocenters. The molecule has 0 radical (unpaired) electrons. The SMILES string of the molecule is Cc1nc(Cl)c(NCC(O)CC(C)(C)C)nc1C. The van der Waals surface area contributed by atoms with Crippen molar-refractivity contribution in [3.63, 3.8) is 0 Å².